The number of amides is 2. The monoisotopic (exact) mass is 597 g/mol. The maximum Gasteiger partial charge on any atom is 0.270 e. The second-order valence-electron chi connectivity index (χ2n) is 12.9. The van der Waals surface area contributed by atoms with Crippen molar-refractivity contribution >= 4 is 52.5 Å². The Kier molecular flexibility index (Phi) is 6.70. The lowest BCUT2D eigenvalue weighted by Crippen LogP contribution is -2.56. The smallest absolute Gasteiger partial charge is 0.270 e. The first-order chi connectivity index (χ1) is 20.2. The number of nitrogens with zero attached hydrogens (tertiary/aromatic N) is 3. The summed E-state index contributed by atoms with van der Waals surface area (Å²) in [5.41, 5.74) is 6.53. The third-order valence-electron chi connectivity index (χ3n) is 10.3. The Morgan fingerprint density at radius 1 is 0.881 bits per heavy atom. The van der Waals surface area contributed by atoms with Gasteiger partial charge in [-0.25, -0.2) is 0 Å². The standard InChI is InChI=1S/C35H36ClN3O2S/c1-4-37-32(40)31(33(41)39(34(37)42)30-11-7-28(36)8-12-30)17-26-13-21(2)38(22(26)3)29-9-5-27(6-10-29)35-18-23-14-24(19-35)16-25(15-23)20-35/h5-13,17,23-25H,4,14-16,18-20H2,1-3H3. The summed E-state index contributed by atoms with van der Waals surface area (Å²) in [6.45, 7) is 6.33. The minimum absolute atomic E-state index is 0.0952. The highest BCUT2D eigenvalue weighted by molar-refractivity contribution is 7.80. The van der Waals surface area contributed by atoms with Gasteiger partial charge in [-0.1, -0.05) is 23.7 Å². The van der Waals surface area contributed by atoms with E-state index in [0.717, 1.165) is 40.4 Å². The largest absolute Gasteiger partial charge is 0.318 e. The average molecular weight is 598 g/mol. The number of thiocarbonyl (C=S) groups is 1. The molecule has 0 atom stereocenters. The van der Waals surface area contributed by atoms with Gasteiger partial charge in [-0.3, -0.25) is 19.4 Å². The summed E-state index contributed by atoms with van der Waals surface area (Å²) >= 11 is 11.7. The van der Waals surface area contributed by atoms with Gasteiger partial charge in [0.1, 0.15) is 5.57 Å². The van der Waals surface area contributed by atoms with Gasteiger partial charge in [-0.05, 0) is 154 Å². The van der Waals surface area contributed by atoms with Gasteiger partial charge in [0.25, 0.3) is 11.8 Å². The topological polar surface area (TPSA) is 45.6 Å². The molecule has 0 unspecified atom stereocenters. The molecule has 7 heteroatoms. The van der Waals surface area contributed by atoms with E-state index in [9.17, 15) is 9.59 Å². The van der Waals surface area contributed by atoms with Gasteiger partial charge in [0.15, 0.2) is 5.11 Å². The highest BCUT2D eigenvalue weighted by Gasteiger charge is 2.51. The third kappa shape index (κ3) is 4.37. The molecule has 5 aliphatic rings. The molecule has 4 bridgehead atoms. The number of anilines is 1. The highest BCUT2D eigenvalue weighted by atomic mass is 35.5. The molecule has 0 N–H and O–H groups in total. The average Bonchev–Trinajstić information content (AvgIpc) is 3.24. The summed E-state index contributed by atoms with van der Waals surface area (Å²) in [5, 5.41) is 0.739. The van der Waals surface area contributed by atoms with E-state index in [1.807, 2.05) is 19.9 Å². The number of aromatic nitrogens is 1. The summed E-state index contributed by atoms with van der Waals surface area (Å²) in [4.78, 5) is 30.1. The molecule has 2 heterocycles. The molecule has 2 aromatic carbocycles. The van der Waals surface area contributed by atoms with Crippen LogP contribution >= 0.6 is 23.8 Å². The van der Waals surface area contributed by atoms with Gasteiger partial charge in [0, 0.05) is 28.6 Å². The van der Waals surface area contributed by atoms with Crippen molar-refractivity contribution in [2.24, 2.45) is 17.8 Å². The summed E-state index contributed by atoms with van der Waals surface area (Å²) in [6, 6.07) is 18.2. The molecule has 2 amide bonds. The maximum atomic E-state index is 13.8. The van der Waals surface area contributed by atoms with Crippen LogP contribution in [0.15, 0.2) is 60.2 Å². The van der Waals surface area contributed by atoms with Crippen LogP contribution in [0, 0.1) is 31.6 Å². The summed E-state index contributed by atoms with van der Waals surface area (Å²) < 4.78 is 2.22. The molecule has 1 saturated heterocycles. The molecule has 42 heavy (non-hydrogen) atoms. The third-order valence-corrected chi connectivity index (χ3v) is 10.9. The molecular weight excluding hydrogens is 562 g/mol. The Morgan fingerprint density at radius 2 is 1.45 bits per heavy atom. The first kappa shape index (κ1) is 27.6. The number of likely N-dealkylation sites (N-methyl/N-ethyl adjacent to an activating group) is 1. The highest BCUT2D eigenvalue weighted by Crippen LogP contribution is 2.60. The predicted octanol–water partition coefficient (Wildman–Crippen LogP) is 7.78. The number of aryl methyl sites for hydroxylation is 1. The van der Waals surface area contributed by atoms with E-state index >= 15 is 0 Å². The van der Waals surface area contributed by atoms with Gasteiger partial charge < -0.3 is 4.57 Å². The van der Waals surface area contributed by atoms with Crippen LogP contribution < -0.4 is 4.90 Å². The van der Waals surface area contributed by atoms with Crippen molar-refractivity contribution in [1.29, 1.82) is 0 Å². The number of carbonyl (C=O) groups excluding carboxylic acids is 2. The lowest BCUT2D eigenvalue weighted by atomic mass is 9.48. The summed E-state index contributed by atoms with van der Waals surface area (Å²) in [5.74, 6) is 1.95. The lowest BCUT2D eigenvalue weighted by molar-refractivity contribution is -0.127. The second-order valence-corrected chi connectivity index (χ2v) is 13.7. The van der Waals surface area contributed by atoms with E-state index in [2.05, 4.69) is 35.8 Å². The minimum atomic E-state index is -0.429. The fourth-order valence-electron chi connectivity index (χ4n) is 8.79. The van der Waals surface area contributed by atoms with Gasteiger partial charge in [0.05, 0.1) is 5.69 Å². The molecule has 0 radical (unpaired) electrons. The Morgan fingerprint density at radius 3 is 2.02 bits per heavy atom. The van der Waals surface area contributed by atoms with Crippen molar-refractivity contribution in [1.82, 2.24) is 9.47 Å². The normalized spacial score (nSPS) is 28.0. The van der Waals surface area contributed by atoms with Crippen molar-refractivity contribution in [3.05, 3.63) is 87.7 Å². The molecule has 1 aliphatic heterocycles. The Labute approximate surface area is 258 Å². The molecule has 3 aromatic rings. The van der Waals surface area contributed by atoms with Crippen molar-refractivity contribution < 1.29 is 9.59 Å². The van der Waals surface area contributed by atoms with E-state index in [-0.39, 0.29) is 16.6 Å². The molecule has 5 nitrogen and oxygen atoms in total. The van der Waals surface area contributed by atoms with Crippen LogP contribution in [-0.4, -0.2) is 32.9 Å². The van der Waals surface area contributed by atoms with E-state index in [1.165, 1.54) is 53.9 Å². The molecular formula is C35H36ClN3O2S. The Bertz CT molecular complexity index is 1600. The Hall–Kier alpha value is -3.22. The van der Waals surface area contributed by atoms with Crippen LogP contribution in [0.25, 0.3) is 11.8 Å². The fourth-order valence-corrected chi connectivity index (χ4v) is 9.31. The number of hydrogen-bond donors (Lipinski definition) is 0. The van der Waals surface area contributed by atoms with Gasteiger partial charge in [0.2, 0.25) is 0 Å². The molecule has 5 fully saturated rings. The van der Waals surface area contributed by atoms with Crippen molar-refractivity contribution in [3.8, 4) is 5.69 Å². The number of carbonyl (C=O) groups is 2. The second kappa shape index (κ2) is 10.2. The molecule has 216 valence electrons. The van der Waals surface area contributed by atoms with Gasteiger partial charge in [-0.15, -0.1) is 0 Å². The van der Waals surface area contributed by atoms with Gasteiger partial charge >= 0.3 is 0 Å². The van der Waals surface area contributed by atoms with Gasteiger partial charge in [-0.2, -0.15) is 0 Å². The van der Waals surface area contributed by atoms with E-state index in [1.54, 1.807) is 30.3 Å². The van der Waals surface area contributed by atoms with E-state index in [4.69, 9.17) is 23.8 Å². The number of benzene rings is 2. The molecule has 0 spiro atoms. The van der Waals surface area contributed by atoms with Crippen molar-refractivity contribution in [2.45, 2.75) is 64.7 Å². The van der Waals surface area contributed by atoms with Crippen molar-refractivity contribution in [3.63, 3.8) is 0 Å². The van der Waals surface area contributed by atoms with Crippen LogP contribution in [0.4, 0.5) is 5.69 Å². The fraction of sp³-hybridized carbons (Fsp3) is 0.400. The zero-order valence-corrected chi connectivity index (χ0v) is 26.0. The zero-order valence-electron chi connectivity index (χ0n) is 24.4. The lowest BCUT2D eigenvalue weighted by Gasteiger charge is -2.57. The van der Waals surface area contributed by atoms with Crippen LogP contribution in [0.3, 0.4) is 0 Å². The number of hydrogen-bond acceptors (Lipinski definition) is 3. The van der Waals surface area contributed by atoms with Crippen LogP contribution in [0.5, 0.6) is 0 Å². The zero-order chi connectivity index (χ0) is 29.3. The number of halogens is 1. The van der Waals surface area contributed by atoms with E-state index in [0.29, 0.717) is 22.7 Å². The van der Waals surface area contributed by atoms with Crippen LogP contribution in [0.1, 0.15) is 68.0 Å². The Balaban J connectivity index is 1.21. The molecule has 8 rings (SSSR count). The SMILES string of the molecule is CCN1C(=O)C(=Cc2cc(C)n(-c3ccc(C45CC6CC(CC(C6)C4)C5)cc3)c2C)C(=O)N(c2ccc(Cl)cc2)C1=S. The molecule has 4 aliphatic carbocycles. The minimum Gasteiger partial charge on any atom is -0.318 e. The maximum absolute atomic E-state index is 13.8. The first-order valence-corrected chi connectivity index (χ1v) is 15.9. The number of rotatable bonds is 5. The van der Waals surface area contributed by atoms with Crippen LogP contribution in [-0.2, 0) is 15.0 Å². The summed E-state index contributed by atoms with van der Waals surface area (Å²) in [6.07, 6.45) is 10.1. The predicted molar refractivity (Wildman–Crippen MR) is 172 cm³/mol. The van der Waals surface area contributed by atoms with E-state index < -0.39 is 5.91 Å². The molecule has 1 aromatic heterocycles. The quantitative estimate of drug-likeness (QED) is 0.171. The molecule has 4 saturated carbocycles. The summed E-state index contributed by atoms with van der Waals surface area (Å²) in [7, 11) is 0. The first-order valence-electron chi connectivity index (χ1n) is 15.1. The van der Waals surface area contributed by atoms with Crippen LogP contribution in [0.2, 0.25) is 5.02 Å². The van der Waals surface area contributed by atoms with Crippen molar-refractivity contribution in [2.75, 3.05) is 11.4 Å².